The summed E-state index contributed by atoms with van der Waals surface area (Å²) in [6.07, 6.45) is 5.44. The third-order valence-electron chi connectivity index (χ3n) is 5.13. The molecule has 1 saturated heterocycles. The minimum atomic E-state index is -0.0308. The fraction of sp³-hybridized carbons (Fsp3) is 0.938. The zero-order valence-corrected chi connectivity index (χ0v) is 13.0. The van der Waals surface area contributed by atoms with Crippen molar-refractivity contribution in [3.8, 4) is 0 Å². The fourth-order valence-corrected chi connectivity index (χ4v) is 3.74. The molecule has 0 radical (unpaired) electrons. The smallest absolute Gasteiger partial charge is 0.223 e. The molecule has 2 N–H and O–H groups in total. The number of rotatable bonds is 8. The maximum Gasteiger partial charge on any atom is 0.223 e. The topological polar surface area (TPSA) is 49.3 Å². The molecule has 1 aliphatic heterocycles. The molecule has 0 spiro atoms. The van der Waals surface area contributed by atoms with Crippen LogP contribution in [0.5, 0.6) is 0 Å². The molecule has 0 aliphatic carbocycles. The van der Waals surface area contributed by atoms with Crippen LogP contribution in [0.1, 0.15) is 59.8 Å². The number of aliphatic hydroxyl groups excluding tert-OH is 1. The Morgan fingerprint density at radius 2 is 1.68 bits per heavy atom. The lowest BCUT2D eigenvalue weighted by atomic mass is 9.73. The zero-order valence-electron chi connectivity index (χ0n) is 13.0. The van der Waals surface area contributed by atoms with Crippen molar-refractivity contribution >= 4 is 5.91 Å². The van der Waals surface area contributed by atoms with Crippen LogP contribution in [0.4, 0.5) is 0 Å². The average molecular weight is 269 g/mol. The molecule has 112 valence electrons. The van der Waals surface area contributed by atoms with Gasteiger partial charge in [0, 0.05) is 5.92 Å². The Morgan fingerprint density at radius 1 is 1.11 bits per heavy atom. The van der Waals surface area contributed by atoms with Crippen molar-refractivity contribution in [1.29, 1.82) is 0 Å². The Kier molecular flexibility index (Phi) is 6.84. The first-order valence-corrected chi connectivity index (χ1v) is 8.03. The van der Waals surface area contributed by atoms with E-state index < -0.39 is 0 Å². The number of carbonyl (C=O) groups is 1. The molecular formula is C16H31NO2. The first kappa shape index (κ1) is 16.5. The van der Waals surface area contributed by atoms with E-state index in [1.165, 1.54) is 0 Å². The predicted molar refractivity (Wildman–Crippen MR) is 78.8 cm³/mol. The van der Waals surface area contributed by atoms with E-state index in [9.17, 15) is 9.90 Å². The van der Waals surface area contributed by atoms with Crippen molar-refractivity contribution < 1.29 is 9.90 Å². The van der Waals surface area contributed by atoms with Crippen molar-refractivity contribution in [3.05, 3.63) is 0 Å². The standard InChI is InChI=1S/C16H31NO2/c1-5-11(6-2)9-13-15(12(7-3)8-4)14(10-18)17-16(13)19/h11-15,18H,5-10H2,1-4H3,(H,17,19)/t13-,14-,15+/m1/s1. The van der Waals surface area contributed by atoms with Crippen molar-refractivity contribution in [2.75, 3.05) is 6.61 Å². The molecule has 1 rings (SSSR count). The monoisotopic (exact) mass is 269 g/mol. The first-order chi connectivity index (χ1) is 9.12. The summed E-state index contributed by atoms with van der Waals surface area (Å²) in [5, 5.41) is 12.6. The summed E-state index contributed by atoms with van der Waals surface area (Å²) < 4.78 is 0. The quantitative estimate of drug-likeness (QED) is 0.711. The van der Waals surface area contributed by atoms with Gasteiger partial charge in [0.1, 0.15) is 0 Å². The Bertz CT molecular complexity index is 272. The van der Waals surface area contributed by atoms with Gasteiger partial charge in [0.2, 0.25) is 5.91 Å². The Labute approximate surface area is 118 Å². The highest BCUT2D eigenvalue weighted by molar-refractivity contribution is 5.82. The molecule has 1 aliphatic rings. The van der Waals surface area contributed by atoms with E-state index in [-0.39, 0.29) is 24.5 Å². The first-order valence-electron chi connectivity index (χ1n) is 8.03. The van der Waals surface area contributed by atoms with Crippen LogP contribution in [-0.2, 0) is 4.79 Å². The van der Waals surface area contributed by atoms with Crippen molar-refractivity contribution in [3.63, 3.8) is 0 Å². The second-order valence-electron chi connectivity index (χ2n) is 5.98. The summed E-state index contributed by atoms with van der Waals surface area (Å²) in [5.74, 6) is 1.75. The van der Waals surface area contributed by atoms with E-state index >= 15 is 0 Å². The number of nitrogens with one attached hydrogen (secondary N) is 1. The molecule has 1 fully saturated rings. The summed E-state index contributed by atoms with van der Waals surface area (Å²) in [6, 6.07) is -0.0308. The third kappa shape index (κ3) is 3.71. The Balaban J connectivity index is 2.86. The second-order valence-corrected chi connectivity index (χ2v) is 5.98. The van der Waals surface area contributed by atoms with Gasteiger partial charge in [-0.25, -0.2) is 0 Å². The van der Waals surface area contributed by atoms with Gasteiger partial charge in [-0.15, -0.1) is 0 Å². The number of amides is 1. The zero-order chi connectivity index (χ0) is 14.4. The Morgan fingerprint density at radius 3 is 2.11 bits per heavy atom. The summed E-state index contributed by atoms with van der Waals surface area (Å²) in [5.41, 5.74) is 0. The number of aliphatic hydroxyl groups is 1. The number of carbonyl (C=O) groups excluding carboxylic acids is 1. The molecule has 3 nitrogen and oxygen atoms in total. The lowest BCUT2D eigenvalue weighted by Gasteiger charge is -2.30. The van der Waals surface area contributed by atoms with Crippen LogP contribution in [-0.4, -0.2) is 23.7 Å². The normalized spacial score (nSPS) is 27.3. The second kappa shape index (κ2) is 7.88. The van der Waals surface area contributed by atoms with Gasteiger partial charge < -0.3 is 10.4 Å². The van der Waals surface area contributed by atoms with Crippen LogP contribution in [0.15, 0.2) is 0 Å². The van der Waals surface area contributed by atoms with E-state index in [1.807, 2.05) is 0 Å². The van der Waals surface area contributed by atoms with E-state index in [4.69, 9.17) is 0 Å². The van der Waals surface area contributed by atoms with E-state index in [0.717, 1.165) is 32.1 Å². The van der Waals surface area contributed by atoms with Gasteiger partial charge in [-0.2, -0.15) is 0 Å². The van der Waals surface area contributed by atoms with Gasteiger partial charge in [0.25, 0.3) is 0 Å². The van der Waals surface area contributed by atoms with Crippen LogP contribution in [0, 0.1) is 23.7 Å². The minimum Gasteiger partial charge on any atom is -0.394 e. The van der Waals surface area contributed by atoms with Crippen molar-refractivity contribution in [2.24, 2.45) is 23.7 Å². The summed E-state index contributed by atoms with van der Waals surface area (Å²) in [7, 11) is 0. The number of hydrogen-bond acceptors (Lipinski definition) is 2. The van der Waals surface area contributed by atoms with Crippen LogP contribution in [0.25, 0.3) is 0 Å². The van der Waals surface area contributed by atoms with Gasteiger partial charge in [0.15, 0.2) is 0 Å². The molecule has 0 saturated carbocycles. The van der Waals surface area contributed by atoms with Gasteiger partial charge in [-0.3, -0.25) is 4.79 Å². The molecule has 1 heterocycles. The predicted octanol–water partition coefficient (Wildman–Crippen LogP) is 2.97. The van der Waals surface area contributed by atoms with E-state index in [0.29, 0.717) is 17.8 Å². The molecule has 19 heavy (non-hydrogen) atoms. The van der Waals surface area contributed by atoms with Crippen LogP contribution >= 0.6 is 0 Å². The maximum absolute atomic E-state index is 12.2. The molecule has 0 unspecified atom stereocenters. The molecule has 1 amide bonds. The largest absolute Gasteiger partial charge is 0.394 e. The fourth-order valence-electron chi connectivity index (χ4n) is 3.74. The van der Waals surface area contributed by atoms with E-state index in [1.54, 1.807) is 0 Å². The molecule has 0 aromatic carbocycles. The lowest BCUT2D eigenvalue weighted by molar-refractivity contribution is -0.123. The molecule has 0 aromatic heterocycles. The minimum absolute atomic E-state index is 0.0308. The van der Waals surface area contributed by atoms with Gasteiger partial charge in [0.05, 0.1) is 12.6 Å². The van der Waals surface area contributed by atoms with Gasteiger partial charge >= 0.3 is 0 Å². The third-order valence-corrected chi connectivity index (χ3v) is 5.13. The molecule has 0 bridgehead atoms. The van der Waals surface area contributed by atoms with Crippen molar-refractivity contribution in [1.82, 2.24) is 5.32 Å². The maximum atomic E-state index is 12.2. The lowest BCUT2D eigenvalue weighted by Crippen LogP contribution is -2.35. The molecule has 0 aromatic rings. The van der Waals surface area contributed by atoms with Gasteiger partial charge in [-0.05, 0) is 24.2 Å². The van der Waals surface area contributed by atoms with Gasteiger partial charge in [-0.1, -0.05) is 53.4 Å². The summed E-state index contributed by atoms with van der Waals surface area (Å²) in [6.45, 7) is 8.87. The molecule has 3 atom stereocenters. The highest BCUT2D eigenvalue weighted by Gasteiger charge is 2.44. The van der Waals surface area contributed by atoms with Crippen molar-refractivity contribution in [2.45, 2.75) is 65.8 Å². The highest BCUT2D eigenvalue weighted by atomic mass is 16.3. The Hall–Kier alpha value is -0.570. The molecule has 3 heteroatoms. The SMILES string of the molecule is CCC(CC)C[C@H]1C(=O)N[C@H](CO)[C@H]1C(CC)CC. The van der Waals surface area contributed by atoms with Crippen LogP contribution in [0.2, 0.25) is 0 Å². The van der Waals surface area contributed by atoms with Crippen LogP contribution < -0.4 is 5.32 Å². The average Bonchev–Trinajstić information content (AvgIpc) is 2.74. The summed E-state index contributed by atoms with van der Waals surface area (Å²) >= 11 is 0. The number of hydrogen-bond donors (Lipinski definition) is 2. The highest BCUT2D eigenvalue weighted by Crippen LogP contribution is 2.38. The summed E-state index contributed by atoms with van der Waals surface area (Å²) in [4.78, 5) is 12.2. The van der Waals surface area contributed by atoms with Crippen LogP contribution in [0.3, 0.4) is 0 Å². The van der Waals surface area contributed by atoms with E-state index in [2.05, 4.69) is 33.0 Å². The molecular weight excluding hydrogens is 238 g/mol.